The smallest absolute Gasteiger partial charge is 0.323 e. The predicted molar refractivity (Wildman–Crippen MR) is 67.0 cm³/mol. The second kappa shape index (κ2) is 5.76. The molecule has 0 aliphatic rings. The lowest BCUT2D eigenvalue weighted by atomic mass is 10.3. The lowest BCUT2D eigenvalue weighted by Gasteiger charge is -2.07. The first kappa shape index (κ1) is 12.0. The molecule has 0 bridgehead atoms. The van der Waals surface area contributed by atoms with Crippen LogP contribution in [0.2, 0.25) is 0 Å². The number of rotatable bonds is 5. The zero-order valence-electron chi connectivity index (χ0n) is 10.00. The van der Waals surface area contributed by atoms with Crippen LogP contribution in [-0.2, 0) is 6.54 Å². The Bertz CT molecular complexity index is 504. The molecular formula is C11H14N6O. The van der Waals surface area contributed by atoms with Gasteiger partial charge in [0.15, 0.2) is 0 Å². The normalized spacial score (nSPS) is 10.1. The molecule has 0 atom stereocenters. The fourth-order valence-electron chi connectivity index (χ4n) is 1.33. The maximum absolute atomic E-state index is 5.57. The van der Waals surface area contributed by atoms with Gasteiger partial charge in [0.25, 0.3) is 0 Å². The van der Waals surface area contributed by atoms with Gasteiger partial charge < -0.3 is 15.8 Å². The molecule has 7 heteroatoms. The maximum Gasteiger partial charge on any atom is 0.323 e. The van der Waals surface area contributed by atoms with E-state index in [2.05, 4.69) is 25.3 Å². The van der Waals surface area contributed by atoms with E-state index in [1.807, 2.05) is 19.1 Å². The summed E-state index contributed by atoms with van der Waals surface area (Å²) in [6.45, 7) is 2.91. The Morgan fingerprint density at radius 1 is 1.22 bits per heavy atom. The molecule has 0 aliphatic carbocycles. The van der Waals surface area contributed by atoms with E-state index in [9.17, 15) is 0 Å². The predicted octanol–water partition coefficient (Wildman–Crippen LogP) is 0.860. The van der Waals surface area contributed by atoms with Gasteiger partial charge in [-0.05, 0) is 24.6 Å². The molecule has 0 aliphatic heterocycles. The van der Waals surface area contributed by atoms with E-state index >= 15 is 0 Å². The molecule has 0 radical (unpaired) electrons. The van der Waals surface area contributed by atoms with Crippen molar-refractivity contribution in [2.45, 2.75) is 13.5 Å². The van der Waals surface area contributed by atoms with Crippen LogP contribution >= 0.6 is 0 Å². The van der Waals surface area contributed by atoms with Crippen LogP contribution in [0.5, 0.6) is 6.01 Å². The molecule has 0 aromatic carbocycles. The van der Waals surface area contributed by atoms with Gasteiger partial charge >= 0.3 is 6.01 Å². The number of pyridine rings is 1. The van der Waals surface area contributed by atoms with Crippen molar-refractivity contribution in [3.63, 3.8) is 0 Å². The molecule has 0 amide bonds. The molecule has 94 valence electrons. The van der Waals surface area contributed by atoms with Gasteiger partial charge in [-0.15, -0.1) is 0 Å². The summed E-state index contributed by atoms with van der Waals surface area (Å²) in [7, 11) is 0. The molecule has 18 heavy (non-hydrogen) atoms. The van der Waals surface area contributed by atoms with Crippen LogP contribution in [0.3, 0.4) is 0 Å². The molecule has 0 spiro atoms. The molecular weight excluding hydrogens is 232 g/mol. The van der Waals surface area contributed by atoms with Crippen LogP contribution < -0.4 is 15.8 Å². The lowest BCUT2D eigenvalue weighted by molar-refractivity contribution is 0.312. The van der Waals surface area contributed by atoms with Crippen molar-refractivity contribution in [3.05, 3.63) is 30.1 Å². The zero-order chi connectivity index (χ0) is 12.8. The van der Waals surface area contributed by atoms with E-state index in [4.69, 9.17) is 10.5 Å². The molecule has 7 nitrogen and oxygen atoms in total. The first-order valence-electron chi connectivity index (χ1n) is 5.55. The Balaban J connectivity index is 2.05. The summed E-state index contributed by atoms with van der Waals surface area (Å²) in [4.78, 5) is 15.9. The average Bonchev–Trinajstić information content (AvgIpc) is 2.37. The first-order chi connectivity index (χ1) is 8.78. The zero-order valence-corrected chi connectivity index (χ0v) is 10.00. The Kier molecular flexibility index (Phi) is 3.85. The second-order valence-electron chi connectivity index (χ2n) is 3.44. The summed E-state index contributed by atoms with van der Waals surface area (Å²) in [5.41, 5.74) is 6.64. The number of nitrogens with two attached hydrogens (primary N) is 1. The number of hydrogen-bond donors (Lipinski definition) is 2. The first-order valence-corrected chi connectivity index (χ1v) is 5.55. The summed E-state index contributed by atoms with van der Waals surface area (Å²) in [6.07, 6.45) is 3.45. The van der Waals surface area contributed by atoms with Crippen molar-refractivity contribution < 1.29 is 4.74 Å². The summed E-state index contributed by atoms with van der Waals surface area (Å²) in [5, 5.41) is 3.05. The number of nitrogen functional groups attached to an aromatic ring is 1. The highest BCUT2D eigenvalue weighted by Gasteiger charge is 2.04. The molecule has 0 saturated heterocycles. The third-order valence-corrected chi connectivity index (χ3v) is 2.11. The summed E-state index contributed by atoms with van der Waals surface area (Å²) in [5.74, 6) is 0.522. The molecule has 2 aromatic heterocycles. The number of ether oxygens (including phenoxy) is 1. The van der Waals surface area contributed by atoms with Crippen molar-refractivity contribution in [3.8, 4) is 6.01 Å². The molecule has 3 N–H and O–H groups in total. The van der Waals surface area contributed by atoms with Gasteiger partial charge in [-0.3, -0.25) is 4.98 Å². The fourth-order valence-corrected chi connectivity index (χ4v) is 1.33. The van der Waals surface area contributed by atoms with Crippen molar-refractivity contribution in [2.24, 2.45) is 0 Å². The van der Waals surface area contributed by atoms with Crippen LogP contribution in [-0.4, -0.2) is 26.5 Å². The lowest BCUT2D eigenvalue weighted by Crippen LogP contribution is -2.09. The number of nitrogens with zero attached hydrogens (tertiary/aromatic N) is 4. The average molecular weight is 246 g/mol. The van der Waals surface area contributed by atoms with Crippen LogP contribution in [0.4, 0.5) is 11.9 Å². The van der Waals surface area contributed by atoms with Crippen molar-refractivity contribution in [2.75, 3.05) is 17.7 Å². The monoisotopic (exact) mass is 246 g/mol. The van der Waals surface area contributed by atoms with E-state index < -0.39 is 0 Å². The van der Waals surface area contributed by atoms with Gasteiger partial charge in [0.2, 0.25) is 11.9 Å². The molecule has 0 saturated carbocycles. The molecule has 2 rings (SSSR count). The fraction of sp³-hybridized carbons (Fsp3) is 0.273. The number of anilines is 2. The quantitative estimate of drug-likeness (QED) is 0.807. The van der Waals surface area contributed by atoms with Gasteiger partial charge in [0.1, 0.15) is 0 Å². The van der Waals surface area contributed by atoms with Crippen LogP contribution in [0, 0.1) is 0 Å². The third kappa shape index (κ3) is 3.27. The van der Waals surface area contributed by atoms with Gasteiger partial charge in [-0.2, -0.15) is 15.0 Å². The Morgan fingerprint density at radius 2 is 2.00 bits per heavy atom. The van der Waals surface area contributed by atoms with Gasteiger partial charge in [0.05, 0.1) is 6.61 Å². The Labute approximate surface area is 104 Å². The standard InChI is InChI=1S/C11H14N6O/c1-2-18-11-16-9(12)15-10(17-11)14-7-8-3-5-13-6-4-8/h3-6H,2,7H2,1H3,(H3,12,14,15,16,17). The molecule has 2 heterocycles. The maximum atomic E-state index is 5.57. The molecule has 0 unspecified atom stereocenters. The van der Waals surface area contributed by atoms with Gasteiger partial charge in [-0.25, -0.2) is 0 Å². The van der Waals surface area contributed by atoms with E-state index in [-0.39, 0.29) is 12.0 Å². The summed E-state index contributed by atoms with van der Waals surface area (Å²) < 4.78 is 5.19. The Hall–Kier alpha value is -2.44. The van der Waals surface area contributed by atoms with Crippen molar-refractivity contribution in [1.82, 2.24) is 19.9 Å². The largest absolute Gasteiger partial charge is 0.464 e. The summed E-state index contributed by atoms with van der Waals surface area (Å²) >= 11 is 0. The van der Waals surface area contributed by atoms with E-state index in [0.29, 0.717) is 19.1 Å². The van der Waals surface area contributed by atoms with Crippen LogP contribution in [0.15, 0.2) is 24.5 Å². The van der Waals surface area contributed by atoms with Gasteiger partial charge in [-0.1, -0.05) is 0 Å². The molecule has 2 aromatic rings. The van der Waals surface area contributed by atoms with Crippen molar-refractivity contribution in [1.29, 1.82) is 0 Å². The topological polar surface area (TPSA) is 98.8 Å². The minimum absolute atomic E-state index is 0.130. The van der Waals surface area contributed by atoms with Gasteiger partial charge in [0, 0.05) is 18.9 Å². The third-order valence-electron chi connectivity index (χ3n) is 2.11. The highest BCUT2D eigenvalue weighted by Crippen LogP contribution is 2.09. The number of hydrogen-bond acceptors (Lipinski definition) is 7. The highest BCUT2D eigenvalue weighted by molar-refractivity contribution is 5.33. The molecule has 0 fully saturated rings. The van der Waals surface area contributed by atoms with Crippen LogP contribution in [0.25, 0.3) is 0 Å². The second-order valence-corrected chi connectivity index (χ2v) is 3.44. The Morgan fingerprint density at radius 3 is 2.72 bits per heavy atom. The summed E-state index contributed by atoms with van der Waals surface area (Å²) in [6, 6.07) is 4.03. The number of nitrogens with one attached hydrogen (secondary N) is 1. The van der Waals surface area contributed by atoms with Crippen molar-refractivity contribution >= 4 is 11.9 Å². The van der Waals surface area contributed by atoms with E-state index in [1.165, 1.54) is 0 Å². The minimum atomic E-state index is 0.130. The van der Waals surface area contributed by atoms with Crippen LogP contribution in [0.1, 0.15) is 12.5 Å². The SMILES string of the molecule is CCOc1nc(N)nc(NCc2ccncc2)n1. The minimum Gasteiger partial charge on any atom is -0.464 e. The number of aromatic nitrogens is 4. The van der Waals surface area contributed by atoms with E-state index in [0.717, 1.165) is 5.56 Å². The van der Waals surface area contributed by atoms with E-state index in [1.54, 1.807) is 12.4 Å². The highest BCUT2D eigenvalue weighted by atomic mass is 16.5.